The molecule has 0 spiro atoms. The first-order valence-corrected chi connectivity index (χ1v) is 12.6. The van der Waals surface area contributed by atoms with Crippen LogP contribution in [0.1, 0.15) is 35.6 Å². The molecule has 37 heavy (non-hydrogen) atoms. The van der Waals surface area contributed by atoms with Gasteiger partial charge in [0, 0.05) is 10.0 Å². The second-order valence-electron chi connectivity index (χ2n) is 8.21. The molecule has 0 heterocycles. The Labute approximate surface area is 225 Å². The van der Waals surface area contributed by atoms with E-state index >= 15 is 0 Å². The van der Waals surface area contributed by atoms with Crippen molar-refractivity contribution in [2.75, 3.05) is 11.9 Å². The molecule has 0 fully saturated rings. The number of halogens is 1. The summed E-state index contributed by atoms with van der Waals surface area (Å²) in [7, 11) is 0. The van der Waals surface area contributed by atoms with Gasteiger partial charge in [-0.1, -0.05) is 48.0 Å². The van der Waals surface area contributed by atoms with E-state index in [0.717, 1.165) is 15.6 Å². The zero-order chi connectivity index (χ0) is 26.6. The van der Waals surface area contributed by atoms with Gasteiger partial charge in [-0.15, -0.1) is 6.58 Å². The molecule has 0 saturated carbocycles. The van der Waals surface area contributed by atoms with Crippen LogP contribution in [0, 0.1) is 6.92 Å². The summed E-state index contributed by atoms with van der Waals surface area (Å²) in [5.41, 5.74) is 6.82. The van der Waals surface area contributed by atoms with Crippen molar-refractivity contribution in [1.82, 2.24) is 5.43 Å². The lowest BCUT2D eigenvalue weighted by Crippen LogP contribution is -2.24. The van der Waals surface area contributed by atoms with E-state index in [1.807, 2.05) is 50.2 Å². The van der Waals surface area contributed by atoms with Gasteiger partial charge in [-0.25, -0.2) is 5.43 Å². The molecule has 0 bridgehead atoms. The number of ether oxygens (including phenoxy) is 2. The van der Waals surface area contributed by atoms with Crippen LogP contribution in [0.4, 0.5) is 5.69 Å². The smallest absolute Gasteiger partial charge is 0.249 e. The third-order valence-corrected chi connectivity index (χ3v) is 5.89. The molecule has 0 unspecified atom stereocenters. The molecule has 192 valence electrons. The Balaban J connectivity index is 1.67. The number of aryl methyl sites for hydroxylation is 1. The highest BCUT2D eigenvalue weighted by Gasteiger charge is 2.14. The first-order valence-electron chi connectivity index (χ1n) is 11.8. The van der Waals surface area contributed by atoms with Crippen molar-refractivity contribution >= 4 is 39.6 Å². The van der Waals surface area contributed by atoms with Gasteiger partial charge in [0.25, 0.3) is 0 Å². The summed E-state index contributed by atoms with van der Waals surface area (Å²) in [6, 6.07) is 19.0. The second kappa shape index (κ2) is 14.0. The Kier molecular flexibility index (Phi) is 10.5. The molecule has 2 amide bonds. The predicted molar refractivity (Wildman–Crippen MR) is 150 cm³/mol. The number of anilines is 1. The SMILES string of the molecule is C=CCc1cc(C=NNC(=O)CC(=O)Nc2ccccc2Br)cc(OCC)c1OCc1ccc(C)cc1. The molecular formula is C29H30BrN3O4. The highest BCUT2D eigenvalue weighted by molar-refractivity contribution is 9.10. The fourth-order valence-electron chi connectivity index (χ4n) is 3.45. The molecule has 0 saturated heterocycles. The van der Waals surface area contributed by atoms with Gasteiger partial charge in [0.1, 0.15) is 13.0 Å². The first-order chi connectivity index (χ1) is 17.9. The van der Waals surface area contributed by atoms with Crippen LogP contribution in [0.15, 0.2) is 82.9 Å². The van der Waals surface area contributed by atoms with Crippen LogP contribution in [0.2, 0.25) is 0 Å². The van der Waals surface area contributed by atoms with Crippen molar-refractivity contribution in [3.8, 4) is 11.5 Å². The van der Waals surface area contributed by atoms with Gasteiger partial charge in [-0.3, -0.25) is 9.59 Å². The molecule has 3 aromatic rings. The molecule has 0 aromatic heterocycles. The van der Waals surface area contributed by atoms with E-state index < -0.39 is 11.8 Å². The van der Waals surface area contributed by atoms with Crippen LogP contribution >= 0.6 is 15.9 Å². The Hall–Kier alpha value is -3.91. The van der Waals surface area contributed by atoms with Crippen LogP contribution < -0.4 is 20.2 Å². The molecule has 3 rings (SSSR count). The van der Waals surface area contributed by atoms with Crippen LogP contribution in [-0.2, 0) is 22.6 Å². The summed E-state index contributed by atoms with van der Waals surface area (Å²) in [5.74, 6) is 0.249. The minimum Gasteiger partial charge on any atom is -0.490 e. The summed E-state index contributed by atoms with van der Waals surface area (Å²) in [4.78, 5) is 24.4. The van der Waals surface area contributed by atoms with E-state index in [4.69, 9.17) is 9.47 Å². The Morgan fingerprint density at radius 3 is 2.51 bits per heavy atom. The number of hydrogen-bond acceptors (Lipinski definition) is 5. The molecular weight excluding hydrogens is 534 g/mol. The highest BCUT2D eigenvalue weighted by atomic mass is 79.9. The maximum atomic E-state index is 12.2. The van der Waals surface area contributed by atoms with Gasteiger partial charge in [-0.2, -0.15) is 5.10 Å². The van der Waals surface area contributed by atoms with Gasteiger partial charge in [-0.05, 0) is 71.6 Å². The maximum absolute atomic E-state index is 12.2. The van der Waals surface area contributed by atoms with E-state index in [0.29, 0.717) is 42.4 Å². The maximum Gasteiger partial charge on any atom is 0.249 e. The number of nitrogens with one attached hydrogen (secondary N) is 2. The van der Waals surface area contributed by atoms with Gasteiger partial charge in [0.15, 0.2) is 11.5 Å². The Bertz CT molecular complexity index is 1270. The van der Waals surface area contributed by atoms with Crippen molar-refractivity contribution in [1.29, 1.82) is 0 Å². The molecule has 0 atom stereocenters. The fraction of sp³-hybridized carbons (Fsp3) is 0.207. The lowest BCUT2D eigenvalue weighted by molar-refractivity contribution is -0.126. The molecule has 0 aliphatic rings. The Morgan fingerprint density at radius 2 is 1.81 bits per heavy atom. The third kappa shape index (κ3) is 8.61. The molecule has 7 nitrogen and oxygen atoms in total. The van der Waals surface area contributed by atoms with Crippen molar-refractivity contribution in [2.24, 2.45) is 5.10 Å². The number of para-hydroxylation sites is 1. The highest BCUT2D eigenvalue weighted by Crippen LogP contribution is 2.34. The summed E-state index contributed by atoms with van der Waals surface area (Å²) >= 11 is 3.36. The number of hydrazone groups is 1. The average molecular weight is 564 g/mol. The molecule has 3 aromatic carbocycles. The summed E-state index contributed by atoms with van der Waals surface area (Å²) in [5, 5.41) is 6.70. The monoisotopic (exact) mass is 563 g/mol. The molecule has 0 radical (unpaired) electrons. The van der Waals surface area contributed by atoms with Crippen molar-refractivity contribution in [2.45, 2.75) is 33.3 Å². The number of hydrogen-bond donors (Lipinski definition) is 2. The van der Waals surface area contributed by atoms with Gasteiger partial charge in [0.05, 0.1) is 18.5 Å². The summed E-state index contributed by atoms with van der Waals surface area (Å²) in [6.45, 7) is 8.65. The topological polar surface area (TPSA) is 89.0 Å². The van der Waals surface area contributed by atoms with Crippen LogP contribution in [0.25, 0.3) is 0 Å². The number of nitrogens with zero attached hydrogens (tertiary/aromatic N) is 1. The van der Waals surface area contributed by atoms with Gasteiger partial charge < -0.3 is 14.8 Å². The third-order valence-electron chi connectivity index (χ3n) is 5.19. The average Bonchev–Trinajstić information content (AvgIpc) is 2.86. The lowest BCUT2D eigenvalue weighted by Gasteiger charge is -2.17. The minimum atomic E-state index is -0.532. The zero-order valence-corrected chi connectivity index (χ0v) is 22.5. The van der Waals surface area contributed by atoms with E-state index in [2.05, 4.69) is 38.4 Å². The second-order valence-corrected chi connectivity index (χ2v) is 9.06. The summed E-state index contributed by atoms with van der Waals surface area (Å²) in [6.07, 6.45) is 3.49. The minimum absolute atomic E-state index is 0.365. The number of allylic oxidation sites excluding steroid dienone is 1. The number of carbonyl (C=O) groups excluding carboxylic acids is 2. The molecule has 0 aliphatic carbocycles. The van der Waals surface area contributed by atoms with Crippen molar-refractivity contribution in [3.05, 3.63) is 100 Å². The van der Waals surface area contributed by atoms with Gasteiger partial charge >= 0.3 is 0 Å². The van der Waals surface area contributed by atoms with Crippen LogP contribution in [-0.4, -0.2) is 24.6 Å². The normalized spacial score (nSPS) is 10.7. The standard InChI is InChI=1S/C29H30BrN3O4/c1-4-8-23-15-22(16-26(36-5-2)29(23)37-19-21-13-11-20(3)12-14-21)18-31-33-28(35)17-27(34)32-25-10-7-6-9-24(25)30/h4,6-7,9-16,18H,1,5,8,17,19H2,2-3H3,(H,32,34)(H,33,35). The number of benzene rings is 3. The predicted octanol–water partition coefficient (Wildman–Crippen LogP) is 5.94. The molecule has 2 N–H and O–H groups in total. The molecule has 0 aliphatic heterocycles. The van der Waals surface area contributed by atoms with Crippen molar-refractivity contribution < 1.29 is 19.1 Å². The van der Waals surface area contributed by atoms with Gasteiger partial charge in [0.2, 0.25) is 11.8 Å². The van der Waals surface area contributed by atoms with E-state index in [1.165, 1.54) is 11.8 Å². The van der Waals surface area contributed by atoms with Crippen LogP contribution in [0.5, 0.6) is 11.5 Å². The first kappa shape index (κ1) is 27.7. The quantitative estimate of drug-likeness (QED) is 0.123. The van der Waals surface area contributed by atoms with Crippen molar-refractivity contribution in [3.63, 3.8) is 0 Å². The molecule has 8 heteroatoms. The Morgan fingerprint density at radius 1 is 1.05 bits per heavy atom. The van der Waals surface area contributed by atoms with E-state index in [9.17, 15) is 9.59 Å². The number of amides is 2. The summed E-state index contributed by atoms with van der Waals surface area (Å²) < 4.78 is 12.7. The lowest BCUT2D eigenvalue weighted by atomic mass is 10.1. The largest absolute Gasteiger partial charge is 0.490 e. The van der Waals surface area contributed by atoms with E-state index in [1.54, 1.807) is 30.3 Å². The number of carbonyl (C=O) groups is 2. The fourth-order valence-corrected chi connectivity index (χ4v) is 3.84. The van der Waals surface area contributed by atoms with E-state index in [-0.39, 0.29) is 6.42 Å². The van der Waals surface area contributed by atoms with Crippen LogP contribution in [0.3, 0.4) is 0 Å². The number of rotatable bonds is 12. The zero-order valence-electron chi connectivity index (χ0n) is 20.9.